The summed E-state index contributed by atoms with van der Waals surface area (Å²) in [4.78, 5) is 21.2. The number of benzene rings is 2. The van der Waals surface area contributed by atoms with Crippen molar-refractivity contribution in [2.45, 2.75) is 45.4 Å². The van der Waals surface area contributed by atoms with E-state index in [0.717, 1.165) is 28.9 Å². The number of Topliss-reactive ketones (excluding diaryl/α,β-unsaturated/α-hetero) is 1. The molecule has 1 unspecified atom stereocenters. The Hall–Kier alpha value is -3.14. The number of aliphatic hydroxyl groups is 1. The number of aliphatic hydroxyl groups excluding tert-OH is 1. The Morgan fingerprint density at radius 3 is 2.60 bits per heavy atom. The van der Waals surface area contributed by atoms with Gasteiger partial charge in [-0.15, -0.1) is 0 Å². The number of para-hydroxylation sites is 1. The molecule has 1 aromatic heterocycles. The lowest BCUT2D eigenvalue weighted by molar-refractivity contribution is -0.115. The van der Waals surface area contributed by atoms with E-state index >= 15 is 0 Å². The standard InChI is InChI=1S/C26H28N2O2/c1-3-24(29)26-23(15-19(16-25(26)30)18-9-5-4-6-10-18)27-14-13-20-17(2)28-22-12-8-7-11-21(20)22/h4-12,19,28-29H,3,13-16H2,1-2H3/b26-24+,27-23?. The Labute approximate surface area is 177 Å². The first-order valence-electron chi connectivity index (χ1n) is 10.7. The number of allylic oxidation sites excluding steroid dienone is 2. The van der Waals surface area contributed by atoms with Gasteiger partial charge in [0.2, 0.25) is 0 Å². The largest absolute Gasteiger partial charge is 0.512 e. The van der Waals surface area contributed by atoms with E-state index in [1.54, 1.807) is 0 Å². The van der Waals surface area contributed by atoms with Crippen LogP contribution < -0.4 is 0 Å². The molecule has 4 rings (SSSR count). The van der Waals surface area contributed by atoms with E-state index in [4.69, 9.17) is 4.99 Å². The smallest absolute Gasteiger partial charge is 0.168 e. The second-order valence-electron chi connectivity index (χ2n) is 7.97. The Morgan fingerprint density at radius 2 is 1.83 bits per heavy atom. The predicted octanol–water partition coefficient (Wildman–Crippen LogP) is 5.83. The van der Waals surface area contributed by atoms with Crippen LogP contribution in [0.2, 0.25) is 0 Å². The Kier molecular flexibility index (Phi) is 5.84. The molecule has 30 heavy (non-hydrogen) atoms. The summed E-state index contributed by atoms with van der Waals surface area (Å²) in [5, 5.41) is 11.6. The third-order valence-electron chi connectivity index (χ3n) is 6.02. The summed E-state index contributed by atoms with van der Waals surface area (Å²) in [6, 6.07) is 18.4. The van der Waals surface area contributed by atoms with Crippen molar-refractivity contribution in [1.29, 1.82) is 0 Å². The first-order chi connectivity index (χ1) is 14.6. The van der Waals surface area contributed by atoms with Crippen molar-refractivity contribution in [2.75, 3.05) is 6.54 Å². The van der Waals surface area contributed by atoms with E-state index in [-0.39, 0.29) is 17.5 Å². The van der Waals surface area contributed by atoms with Gasteiger partial charge in [-0.2, -0.15) is 0 Å². The number of fused-ring (bicyclic) bond motifs is 1. The van der Waals surface area contributed by atoms with E-state index in [0.29, 0.717) is 31.4 Å². The number of aliphatic imine (C=N–C) groups is 1. The van der Waals surface area contributed by atoms with Crippen LogP contribution >= 0.6 is 0 Å². The van der Waals surface area contributed by atoms with Gasteiger partial charge in [0.05, 0.1) is 5.57 Å². The molecular formula is C26H28N2O2. The van der Waals surface area contributed by atoms with Crippen molar-refractivity contribution in [3.8, 4) is 0 Å². The summed E-state index contributed by atoms with van der Waals surface area (Å²) in [5.74, 6) is 0.269. The summed E-state index contributed by atoms with van der Waals surface area (Å²) >= 11 is 0. The number of nitrogens with one attached hydrogen (secondary N) is 1. The van der Waals surface area contributed by atoms with Gasteiger partial charge >= 0.3 is 0 Å². The maximum absolute atomic E-state index is 12.9. The molecule has 0 radical (unpaired) electrons. The van der Waals surface area contributed by atoms with Crippen LogP contribution in [-0.4, -0.2) is 28.1 Å². The van der Waals surface area contributed by atoms with Gasteiger partial charge in [0.1, 0.15) is 5.76 Å². The fourth-order valence-electron chi connectivity index (χ4n) is 4.46. The minimum absolute atomic E-state index is 0.00326. The fraction of sp³-hybridized carbons (Fsp3) is 0.308. The molecule has 3 aromatic rings. The quantitative estimate of drug-likeness (QED) is 0.418. The van der Waals surface area contributed by atoms with Crippen LogP contribution in [-0.2, 0) is 11.2 Å². The van der Waals surface area contributed by atoms with Crippen LogP contribution in [0.25, 0.3) is 10.9 Å². The highest BCUT2D eigenvalue weighted by molar-refractivity contribution is 6.24. The zero-order valence-corrected chi connectivity index (χ0v) is 17.6. The lowest BCUT2D eigenvalue weighted by Crippen LogP contribution is -2.27. The fourth-order valence-corrected chi connectivity index (χ4v) is 4.46. The molecule has 4 nitrogen and oxygen atoms in total. The highest BCUT2D eigenvalue weighted by Crippen LogP contribution is 2.33. The van der Waals surface area contributed by atoms with Gasteiger partial charge in [-0.3, -0.25) is 9.79 Å². The Morgan fingerprint density at radius 1 is 1.10 bits per heavy atom. The summed E-state index contributed by atoms with van der Waals surface area (Å²) in [7, 11) is 0. The molecule has 4 heteroatoms. The van der Waals surface area contributed by atoms with Gasteiger partial charge in [0.15, 0.2) is 5.78 Å². The third-order valence-corrected chi connectivity index (χ3v) is 6.02. The van der Waals surface area contributed by atoms with Gasteiger partial charge in [0, 0.05) is 41.7 Å². The van der Waals surface area contributed by atoms with Crippen LogP contribution in [0.15, 0.2) is 70.9 Å². The van der Waals surface area contributed by atoms with Crippen LogP contribution in [0.4, 0.5) is 0 Å². The summed E-state index contributed by atoms with van der Waals surface area (Å²) in [6.45, 7) is 4.55. The zero-order valence-electron chi connectivity index (χ0n) is 17.6. The lowest BCUT2D eigenvalue weighted by Gasteiger charge is -2.26. The summed E-state index contributed by atoms with van der Waals surface area (Å²) < 4.78 is 0. The van der Waals surface area contributed by atoms with Crippen molar-refractivity contribution >= 4 is 22.4 Å². The topological polar surface area (TPSA) is 65.4 Å². The van der Waals surface area contributed by atoms with Gasteiger partial charge < -0.3 is 10.1 Å². The molecular weight excluding hydrogens is 372 g/mol. The number of carbonyl (C=O) groups excluding carboxylic acids is 1. The molecule has 1 heterocycles. The number of nitrogens with zero attached hydrogens (tertiary/aromatic N) is 1. The SMILES string of the molecule is CC/C(O)=C1\C(=O)CC(c2ccccc2)CC1=NCCc1c(C)[nH]c2ccccc12. The van der Waals surface area contributed by atoms with E-state index in [1.165, 1.54) is 10.9 Å². The van der Waals surface area contributed by atoms with E-state index in [2.05, 4.69) is 42.2 Å². The molecule has 2 aromatic carbocycles. The predicted molar refractivity (Wildman–Crippen MR) is 122 cm³/mol. The first-order valence-corrected chi connectivity index (χ1v) is 10.7. The molecule has 0 amide bonds. The molecule has 0 saturated heterocycles. The second-order valence-corrected chi connectivity index (χ2v) is 7.97. The number of hydrogen-bond acceptors (Lipinski definition) is 3. The average molecular weight is 401 g/mol. The van der Waals surface area contributed by atoms with Crippen molar-refractivity contribution in [3.05, 3.63) is 82.8 Å². The molecule has 1 aliphatic carbocycles. The number of H-pyrrole nitrogens is 1. The molecule has 0 bridgehead atoms. The third kappa shape index (κ3) is 3.95. The van der Waals surface area contributed by atoms with E-state index in [1.807, 2.05) is 31.2 Å². The van der Waals surface area contributed by atoms with Crippen LogP contribution in [0.1, 0.15) is 48.9 Å². The number of rotatable bonds is 5. The molecule has 0 spiro atoms. The number of hydrogen-bond donors (Lipinski definition) is 2. The van der Waals surface area contributed by atoms with Crippen molar-refractivity contribution < 1.29 is 9.90 Å². The number of carbonyl (C=O) groups is 1. The average Bonchev–Trinajstić information content (AvgIpc) is 3.09. The van der Waals surface area contributed by atoms with Gasteiger partial charge in [-0.05, 0) is 42.9 Å². The van der Waals surface area contributed by atoms with Crippen LogP contribution in [0.5, 0.6) is 0 Å². The molecule has 1 fully saturated rings. The molecule has 2 N–H and O–H groups in total. The Bertz CT molecular complexity index is 1120. The molecule has 1 saturated carbocycles. The van der Waals surface area contributed by atoms with Crippen LogP contribution in [0, 0.1) is 6.92 Å². The number of ketones is 1. The van der Waals surface area contributed by atoms with Crippen molar-refractivity contribution in [2.24, 2.45) is 4.99 Å². The van der Waals surface area contributed by atoms with E-state index in [9.17, 15) is 9.90 Å². The molecule has 1 aliphatic rings. The van der Waals surface area contributed by atoms with Crippen molar-refractivity contribution in [3.63, 3.8) is 0 Å². The van der Waals surface area contributed by atoms with Gasteiger partial charge in [-0.25, -0.2) is 0 Å². The molecule has 1 atom stereocenters. The second kappa shape index (κ2) is 8.70. The number of aryl methyl sites for hydroxylation is 1. The molecule has 0 aliphatic heterocycles. The molecule has 154 valence electrons. The van der Waals surface area contributed by atoms with Crippen LogP contribution in [0.3, 0.4) is 0 Å². The highest BCUT2D eigenvalue weighted by Gasteiger charge is 2.31. The monoisotopic (exact) mass is 400 g/mol. The minimum Gasteiger partial charge on any atom is -0.512 e. The normalized spacial score (nSPS) is 20.1. The minimum atomic E-state index is -0.00326. The number of aromatic nitrogens is 1. The Balaban J connectivity index is 1.61. The van der Waals surface area contributed by atoms with Gasteiger partial charge in [-0.1, -0.05) is 55.5 Å². The summed E-state index contributed by atoms with van der Waals surface area (Å²) in [6.07, 6.45) is 2.34. The highest BCUT2D eigenvalue weighted by atomic mass is 16.3. The number of aromatic amines is 1. The van der Waals surface area contributed by atoms with Gasteiger partial charge in [0.25, 0.3) is 0 Å². The maximum atomic E-state index is 12.9. The van der Waals surface area contributed by atoms with Crippen molar-refractivity contribution in [1.82, 2.24) is 4.98 Å². The maximum Gasteiger partial charge on any atom is 0.168 e. The first kappa shape index (κ1) is 20.1. The summed E-state index contributed by atoms with van der Waals surface area (Å²) in [5.41, 5.74) is 5.91. The lowest BCUT2D eigenvalue weighted by atomic mass is 9.79. The zero-order chi connectivity index (χ0) is 21.1. The van der Waals surface area contributed by atoms with E-state index < -0.39 is 0 Å².